The van der Waals surface area contributed by atoms with E-state index in [1.165, 1.54) is 21.4 Å². The molecule has 0 unspecified atom stereocenters. The Hall–Kier alpha value is -2.80. The molecule has 0 amide bonds. The summed E-state index contributed by atoms with van der Waals surface area (Å²) < 4.78 is 1.54. The van der Waals surface area contributed by atoms with Crippen LogP contribution >= 0.6 is 11.3 Å². The van der Waals surface area contributed by atoms with E-state index in [0.29, 0.717) is 16.7 Å². The summed E-state index contributed by atoms with van der Waals surface area (Å²) in [5, 5.41) is 1.29. The number of aromatic amines is 1. The summed E-state index contributed by atoms with van der Waals surface area (Å²) in [6, 6.07) is 7.19. The molecule has 0 atom stereocenters. The summed E-state index contributed by atoms with van der Waals surface area (Å²) in [7, 11) is 0. The van der Waals surface area contributed by atoms with Crippen LogP contribution in [0.1, 0.15) is 29.1 Å². The number of rotatable bonds is 2. The van der Waals surface area contributed by atoms with Gasteiger partial charge in [-0.2, -0.15) is 0 Å². The summed E-state index contributed by atoms with van der Waals surface area (Å²) in [4.78, 5) is 39.1. The lowest BCUT2D eigenvalue weighted by Crippen LogP contribution is -2.24. The SMILES string of the molecule is O=c1[nH]c(Cn2cnc3sc4c(c3c2=O)CCCC4)nc2ccccc12. The van der Waals surface area contributed by atoms with E-state index < -0.39 is 0 Å². The first-order valence-corrected chi connectivity index (χ1v) is 9.50. The minimum atomic E-state index is -0.194. The number of fused-ring (bicyclic) bond motifs is 4. The highest BCUT2D eigenvalue weighted by Gasteiger charge is 2.20. The third-order valence-corrected chi connectivity index (χ3v) is 6.12. The molecular weight excluding hydrogens is 348 g/mol. The number of nitrogens with one attached hydrogen (secondary N) is 1. The van der Waals surface area contributed by atoms with Crippen LogP contribution in [0.5, 0.6) is 0 Å². The van der Waals surface area contributed by atoms with E-state index in [2.05, 4.69) is 15.0 Å². The molecule has 7 heteroatoms. The Morgan fingerprint density at radius 1 is 1.15 bits per heavy atom. The maximum atomic E-state index is 13.0. The second kappa shape index (κ2) is 5.88. The van der Waals surface area contributed by atoms with E-state index in [0.717, 1.165) is 29.5 Å². The summed E-state index contributed by atoms with van der Waals surface area (Å²) in [5.41, 5.74) is 1.55. The number of thiophene rings is 1. The Labute approximate surface area is 152 Å². The lowest BCUT2D eigenvalue weighted by Gasteiger charge is -2.10. The van der Waals surface area contributed by atoms with E-state index in [4.69, 9.17) is 0 Å². The zero-order valence-electron chi connectivity index (χ0n) is 14.0. The molecule has 1 aromatic carbocycles. The van der Waals surface area contributed by atoms with Crippen LogP contribution in [0.25, 0.3) is 21.1 Å². The fourth-order valence-corrected chi connectivity index (χ4v) is 4.88. The first-order valence-electron chi connectivity index (χ1n) is 8.68. The van der Waals surface area contributed by atoms with Crippen LogP contribution in [0.15, 0.2) is 40.2 Å². The van der Waals surface area contributed by atoms with Gasteiger partial charge in [-0.05, 0) is 43.4 Å². The smallest absolute Gasteiger partial charge is 0.262 e. The molecular formula is C19H16N4O2S. The summed E-state index contributed by atoms with van der Waals surface area (Å²) in [6.07, 6.45) is 5.83. The lowest BCUT2D eigenvalue weighted by molar-refractivity contribution is 0.692. The zero-order chi connectivity index (χ0) is 17.7. The Balaban J connectivity index is 1.63. The second-order valence-electron chi connectivity index (χ2n) is 6.60. The average Bonchev–Trinajstić information content (AvgIpc) is 3.03. The molecule has 0 radical (unpaired) electrons. The molecule has 0 aliphatic heterocycles. The number of benzene rings is 1. The van der Waals surface area contributed by atoms with Gasteiger partial charge in [-0.1, -0.05) is 12.1 Å². The Bertz CT molecular complexity index is 1270. The van der Waals surface area contributed by atoms with Gasteiger partial charge in [-0.25, -0.2) is 9.97 Å². The molecule has 0 fully saturated rings. The van der Waals surface area contributed by atoms with Gasteiger partial charge < -0.3 is 4.98 Å². The number of para-hydroxylation sites is 1. The number of nitrogens with zero attached hydrogens (tertiary/aromatic N) is 3. The first-order chi connectivity index (χ1) is 12.7. The van der Waals surface area contributed by atoms with Crippen LogP contribution in [-0.4, -0.2) is 19.5 Å². The highest BCUT2D eigenvalue weighted by atomic mass is 32.1. The predicted octanol–water partition coefficient (Wildman–Crippen LogP) is 2.62. The molecule has 3 aromatic heterocycles. The van der Waals surface area contributed by atoms with Crippen molar-refractivity contribution in [3.63, 3.8) is 0 Å². The van der Waals surface area contributed by atoms with Crippen molar-refractivity contribution >= 4 is 32.5 Å². The van der Waals surface area contributed by atoms with Gasteiger partial charge in [-0.15, -0.1) is 11.3 Å². The Morgan fingerprint density at radius 3 is 2.92 bits per heavy atom. The number of H-pyrrole nitrogens is 1. The van der Waals surface area contributed by atoms with Crippen molar-refractivity contribution in [2.75, 3.05) is 0 Å². The van der Waals surface area contributed by atoms with Crippen LogP contribution in [0.3, 0.4) is 0 Å². The molecule has 3 heterocycles. The predicted molar refractivity (Wildman–Crippen MR) is 102 cm³/mol. The van der Waals surface area contributed by atoms with Gasteiger partial charge in [0.15, 0.2) is 0 Å². The van der Waals surface area contributed by atoms with Gasteiger partial charge >= 0.3 is 0 Å². The van der Waals surface area contributed by atoms with Crippen molar-refractivity contribution < 1.29 is 0 Å². The molecule has 130 valence electrons. The fourth-order valence-electron chi connectivity index (χ4n) is 3.66. The van der Waals surface area contributed by atoms with Crippen LogP contribution in [0, 0.1) is 0 Å². The van der Waals surface area contributed by atoms with Gasteiger partial charge in [0.25, 0.3) is 11.1 Å². The van der Waals surface area contributed by atoms with E-state index in [-0.39, 0.29) is 17.7 Å². The largest absolute Gasteiger partial charge is 0.308 e. The molecule has 0 saturated heterocycles. The monoisotopic (exact) mass is 364 g/mol. The van der Waals surface area contributed by atoms with Gasteiger partial charge in [0, 0.05) is 4.88 Å². The van der Waals surface area contributed by atoms with E-state index in [1.54, 1.807) is 35.9 Å². The van der Waals surface area contributed by atoms with Crippen molar-refractivity contribution in [1.29, 1.82) is 0 Å². The van der Waals surface area contributed by atoms with Crippen molar-refractivity contribution in [2.45, 2.75) is 32.2 Å². The average molecular weight is 364 g/mol. The number of hydrogen-bond donors (Lipinski definition) is 1. The number of aromatic nitrogens is 4. The Kier molecular flexibility index (Phi) is 3.49. The minimum absolute atomic E-state index is 0.0507. The van der Waals surface area contributed by atoms with Gasteiger partial charge in [-0.3, -0.25) is 14.2 Å². The maximum Gasteiger partial charge on any atom is 0.262 e. The van der Waals surface area contributed by atoms with Crippen LogP contribution in [0.4, 0.5) is 0 Å². The topological polar surface area (TPSA) is 80.6 Å². The molecule has 26 heavy (non-hydrogen) atoms. The number of aryl methyl sites for hydroxylation is 2. The fraction of sp³-hybridized carbons (Fsp3) is 0.263. The molecule has 6 nitrogen and oxygen atoms in total. The highest BCUT2D eigenvalue weighted by Crippen LogP contribution is 2.33. The Morgan fingerprint density at radius 2 is 2.00 bits per heavy atom. The van der Waals surface area contributed by atoms with Gasteiger partial charge in [0.1, 0.15) is 10.7 Å². The third-order valence-electron chi connectivity index (χ3n) is 4.92. The molecule has 0 spiro atoms. The summed E-state index contributed by atoms with van der Waals surface area (Å²) in [5.74, 6) is 0.459. The van der Waals surface area contributed by atoms with Crippen LogP contribution in [0.2, 0.25) is 0 Å². The zero-order valence-corrected chi connectivity index (χ0v) is 14.8. The van der Waals surface area contributed by atoms with Crippen molar-refractivity contribution in [1.82, 2.24) is 19.5 Å². The maximum absolute atomic E-state index is 13.0. The second-order valence-corrected chi connectivity index (χ2v) is 7.68. The van der Waals surface area contributed by atoms with Gasteiger partial charge in [0.2, 0.25) is 0 Å². The van der Waals surface area contributed by atoms with E-state index >= 15 is 0 Å². The van der Waals surface area contributed by atoms with E-state index in [9.17, 15) is 9.59 Å². The van der Waals surface area contributed by atoms with Crippen LogP contribution in [-0.2, 0) is 19.4 Å². The molecule has 1 aliphatic carbocycles. The highest BCUT2D eigenvalue weighted by molar-refractivity contribution is 7.18. The number of hydrogen-bond acceptors (Lipinski definition) is 5. The van der Waals surface area contributed by atoms with Gasteiger partial charge in [0.05, 0.1) is 29.2 Å². The molecule has 1 N–H and O–H groups in total. The minimum Gasteiger partial charge on any atom is -0.308 e. The molecule has 5 rings (SSSR count). The van der Waals surface area contributed by atoms with Crippen molar-refractivity contribution in [3.8, 4) is 0 Å². The standard InChI is InChI=1S/C19H16N4O2S/c24-17-11-5-1-3-7-13(11)21-15(22-17)9-23-10-20-18-16(19(23)25)12-6-2-4-8-14(12)26-18/h1,3,5,7,10H,2,4,6,8-9H2,(H,21,22,24). The van der Waals surface area contributed by atoms with E-state index in [1.807, 2.05) is 6.07 Å². The quantitative estimate of drug-likeness (QED) is 0.593. The summed E-state index contributed by atoms with van der Waals surface area (Å²) >= 11 is 1.64. The molecule has 0 saturated carbocycles. The van der Waals surface area contributed by atoms with Crippen molar-refractivity contribution in [3.05, 3.63) is 67.6 Å². The molecule has 4 aromatic rings. The lowest BCUT2D eigenvalue weighted by atomic mass is 9.97. The van der Waals surface area contributed by atoms with Crippen LogP contribution < -0.4 is 11.1 Å². The first kappa shape index (κ1) is 15.5. The third kappa shape index (κ3) is 2.39. The molecule has 1 aliphatic rings. The summed E-state index contributed by atoms with van der Waals surface area (Å²) in [6.45, 7) is 0.201. The van der Waals surface area contributed by atoms with Crippen molar-refractivity contribution in [2.24, 2.45) is 0 Å². The molecule has 0 bridgehead atoms. The normalized spacial score (nSPS) is 14.0.